The predicted molar refractivity (Wildman–Crippen MR) is 83.3 cm³/mol. The zero-order valence-corrected chi connectivity index (χ0v) is 12.6. The summed E-state index contributed by atoms with van der Waals surface area (Å²) >= 11 is 0. The van der Waals surface area contributed by atoms with Gasteiger partial charge in [-0.3, -0.25) is 4.79 Å². The number of amides is 1. The highest BCUT2D eigenvalue weighted by molar-refractivity contribution is 5.85. The fourth-order valence-corrected chi connectivity index (χ4v) is 3.23. The van der Waals surface area contributed by atoms with Crippen LogP contribution in [-0.2, 0) is 4.79 Å². The van der Waals surface area contributed by atoms with Crippen LogP contribution in [0.2, 0.25) is 0 Å². The molecule has 0 bridgehead atoms. The summed E-state index contributed by atoms with van der Waals surface area (Å²) < 4.78 is 6.01. The lowest BCUT2D eigenvalue weighted by molar-refractivity contribution is -0.131. The van der Waals surface area contributed by atoms with E-state index >= 15 is 0 Å². The molecule has 1 fully saturated rings. The smallest absolute Gasteiger partial charge is 0.219 e. The summed E-state index contributed by atoms with van der Waals surface area (Å²) in [5.41, 5.74) is 1.09. The Morgan fingerprint density at radius 1 is 1.38 bits per heavy atom. The Labute approximate surface area is 125 Å². The van der Waals surface area contributed by atoms with Gasteiger partial charge in [-0.1, -0.05) is 19.1 Å². The number of rotatable bonds is 3. The minimum Gasteiger partial charge on any atom is -0.491 e. The number of fused-ring (bicyclic) bond motifs is 1. The molecule has 2 heterocycles. The van der Waals surface area contributed by atoms with Crippen LogP contribution in [-0.4, -0.2) is 35.5 Å². The van der Waals surface area contributed by atoms with E-state index in [1.165, 1.54) is 0 Å². The van der Waals surface area contributed by atoms with E-state index in [0.29, 0.717) is 18.4 Å². The molecule has 4 heteroatoms. The minimum absolute atomic E-state index is 0.165. The number of nitrogens with zero attached hydrogens (tertiary/aromatic N) is 1. The molecule has 4 nitrogen and oxygen atoms in total. The zero-order valence-electron chi connectivity index (χ0n) is 12.6. The molecular formula is C17H22N2O2. The van der Waals surface area contributed by atoms with Gasteiger partial charge in [-0.15, -0.1) is 0 Å². The molecule has 1 aliphatic heterocycles. The van der Waals surface area contributed by atoms with Gasteiger partial charge in [0.1, 0.15) is 5.75 Å². The van der Waals surface area contributed by atoms with Gasteiger partial charge in [-0.2, -0.15) is 0 Å². The Bertz CT molecular complexity index is 635. The first-order chi connectivity index (χ1) is 10.1. The van der Waals surface area contributed by atoms with Gasteiger partial charge in [0.15, 0.2) is 0 Å². The van der Waals surface area contributed by atoms with Crippen molar-refractivity contribution in [2.75, 3.05) is 19.7 Å². The number of aromatic nitrogens is 1. The largest absolute Gasteiger partial charge is 0.491 e. The first-order valence-electron chi connectivity index (χ1n) is 7.58. The van der Waals surface area contributed by atoms with Crippen LogP contribution in [0.1, 0.15) is 20.3 Å². The van der Waals surface area contributed by atoms with E-state index in [4.69, 9.17) is 4.74 Å². The predicted octanol–water partition coefficient (Wildman–Crippen LogP) is 3.05. The van der Waals surface area contributed by atoms with Gasteiger partial charge in [0, 0.05) is 43.0 Å². The molecule has 2 aromatic rings. The first kappa shape index (κ1) is 14.0. The molecule has 1 saturated heterocycles. The highest BCUT2D eigenvalue weighted by Gasteiger charge is 2.26. The number of ether oxygens (including phenoxy) is 1. The molecule has 1 N–H and O–H groups in total. The quantitative estimate of drug-likeness (QED) is 0.942. The second-order valence-corrected chi connectivity index (χ2v) is 6.14. The third-order valence-corrected chi connectivity index (χ3v) is 4.22. The zero-order chi connectivity index (χ0) is 14.8. The Hall–Kier alpha value is -1.97. The van der Waals surface area contributed by atoms with E-state index in [0.717, 1.165) is 36.2 Å². The van der Waals surface area contributed by atoms with E-state index in [-0.39, 0.29) is 5.91 Å². The van der Waals surface area contributed by atoms with Gasteiger partial charge in [0.05, 0.1) is 6.61 Å². The van der Waals surface area contributed by atoms with Gasteiger partial charge in [-0.25, -0.2) is 0 Å². The summed E-state index contributed by atoms with van der Waals surface area (Å²) in [5.74, 6) is 2.02. The van der Waals surface area contributed by atoms with E-state index in [2.05, 4.69) is 18.0 Å². The second kappa shape index (κ2) is 5.80. The number of H-pyrrole nitrogens is 1. The number of hydrogen-bond donors (Lipinski definition) is 1. The Kier molecular flexibility index (Phi) is 3.86. The fourth-order valence-electron chi connectivity index (χ4n) is 3.23. The summed E-state index contributed by atoms with van der Waals surface area (Å²) in [6, 6.07) is 8.13. The summed E-state index contributed by atoms with van der Waals surface area (Å²) in [5, 5.41) is 1.12. The van der Waals surface area contributed by atoms with E-state index in [9.17, 15) is 4.79 Å². The number of likely N-dealkylation sites (tertiary alicyclic amines) is 1. The van der Waals surface area contributed by atoms with Crippen LogP contribution in [0.25, 0.3) is 10.9 Å². The molecule has 2 unspecified atom stereocenters. The van der Waals surface area contributed by atoms with E-state index < -0.39 is 0 Å². The van der Waals surface area contributed by atoms with Crippen LogP contribution in [0.3, 0.4) is 0 Å². The van der Waals surface area contributed by atoms with Crippen molar-refractivity contribution >= 4 is 16.8 Å². The van der Waals surface area contributed by atoms with Gasteiger partial charge < -0.3 is 14.6 Å². The number of nitrogens with one attached hydrogen (secondary N) is 1. The van der Waals surface area contributed by atoms with Crippen molar-refractivity contribution in [3.8, 4) is 5.75 Å². The lowest BCUT2D eigenvalue weighted by atomic mass is 9.91. The fraction of sp³-hybridized carbons (Fsp3) is 0.471. The molecule has 0 spiro atoms. The molecule has 1 aliphatic rings. The molecule has 2 atom stereocenters. The van der Waals surface area contributed by atoms with Crippen molar-refractivity contribution in [2.45, 2.75) is 20.3 Å². The van der Waals surface area contributed by atoms with Crippen molar-refractivity contribution in [3.05, 3.63) is 30.5 Å². The Morgan fingerprint density at radius 3 is 3.00 bits per heavy atom. The van der Waals surface area contributed by atoms with Crippen molar-refractivity contribution in [1.82, 2.24) is 9.88 Å². The van der Waals surface area contributed by atoms with Crippen LogP contribution in [0.5, 0.6) is 5.75 Å². The molecule has 1 aromatic heterocycles. The maximum Gasteiger partial charge on any atom is 0.219 e. The third kappa shape index (κ3) is 3.04. The van der Waals surface area contributed by atoms with Crippen molar-refractivity contribution in [3.63, 3.8) is 0 Å². The van der Waals surface area contributed by atoms with Gasteiger partial charge in [0.2, 0.25) is 5.91 Å². The van der Waals surface area contributed by atoms with Crippen LogP contribution in [0.15, 0.2) is 30.5 Å². The third-order valence-electron chi connectivity index (χ3n) is 4.22. The van der Waals surface area contributed by atoms with Crippen molar-refractivity contribution in [1.29, 1.82) is 0 Å². The molecule has 0 aliphatic carbocycles. The summed E-state index contributed by atoms with van der Waals surface area (Å²) in [4.78, 5) is 16.7. The molecule has 3 rings (SSSR count). The van der Waals surface area contributed by atoms with Crippen LogP contribution in [0, 0.1) is 11.8 Å². The highest BCUT2D eigenvalue weighted by atomic mass is 16.5. The van der Waals surface area contributed by atoms with Gasteiger partial charge >= 0.3 is 0 Å². The lowest BCUT2D eigenvalue weighted by Gasteiger charge is -2.35. The SMILES string of the molecule is CC(=O)N1CC(C)CC(COc2c[nH]c3ccccc23)C1. The molecular weight excluding hydrogens is 264 g/mol. The molecule has 1 amide bonds. The second-order valence-electron chi connectivity index (χ2n) is 6.14. The Morgan fingerprint density at radius 2 is 2.19 bits per heavy atom. The van der Waals surface area contributed by atoms with Crippen LogP contribution in [0.4, 0.5) is 0 Å². The van der Waals surface area contributed by atoms with Gasteiger partial charge in [0.25, 0.3) is 0 Å². The van der Waals surface area contributed by atoms with Crippen molar-refractivity contribution in [2.24, 2.45) is 11.8 Å². The van der Waals surface area contributed by atoms with Crippen LogP contribution >= 0.6 is 0 Å². The average molecular weight is 286 g/mol. The number of aromatic amines is 1. The van der Waals surface area contributed by atoms with E-state index in [1.54, 1.807) is 6.92 Å². The number of piperidine rings is 1. The standard InChI is InChI=1S/C17H22N2O2/c1-12-7-14(10-19(9-12)13(2)20)11-21-17-8-18-16-6-4-3-5-15(16)17/h3-6,8,12,14,18H,7,9-11H2,1-2H3. The summed E-state index contributed by atoms with van der Waals surface area (Å²) in [6.07, 6.45) is 3.03. The number of carbonyl (C=O) groups is 1. The first-order valence-corrected chi connectivity index (χ1v) is 7.58. The summed E-state index contributed by atoms with van der Waals surface area (Å²) in [7, 11) is 0. The summed E-state index contributed by atoms with van der Waals surface area (Å²) in [6.45, 7) is 6.19. The highest BCUT2D eigenvalue weighted by Crippen LogP contribution is 2.27. The lowest BCUT2D eigenvalue weighted by Crippen LogP contribution is -2.43. The normalized spacial score (nSPS) is 22.5. The number of para-hydroxylation sites is 1. The molecule has 0 saturated carbocycles. The van der Waals surface area contributed by atoms with Crippen molar-refractivity contribution < 1.29 is 9.53 Å². The van der Waals surface area contributed by atoms with Crippen LogP contribution < -0.4 is 4.74 Å². The Balaban J connectivity index is 1.65. The number of benzene rings is 1. The molecule has 21 heavy (non-hydrogen) atoms. The molecule has 1 aromatic carbocycles. The molecule has 112 valence electrons. The maximum atomic E-state index is 11.6. The van der Waals surface area contributed by atoms with E-state index in [1.807, 2.05) is 29.3 Å². The number of hydrogen-bond acceptors (Lipinski definition) is 2. The van der Waals surface area contributed by atoms with Gasteiger partial charge in [-0.05, 0) is 24.5 Å². The average Bonchev–Trinajstić information content (AvgIpc) is 2.88. The monoisotopic (exact) mass is 286 g/mol. The topological polar surface area (TPSA) is 45.3 Å². The number of carbonyl (C=O) groups excluding carboxylic acids is 1. The maximum absolute atomic E-state index is 11.6. The minimum atomic E-state index is 0.165. The molecule has 0 radical (unpaired) electrons.